The smallest absolute Gasteiger partial charge is 0.0670 e. The fourth-order valence-electron chi connectivity index (χ4n) is 1.42. The van der Waals surface area contributed by atoms with Crippen molar-refractivity contribution in [1.29, 1.82) is 0 Å². The normalized spacial score (nSPS) is 14.8. The number of hydrogen-bond donors (Lipinski definition) is 1. The Morgan fingerprint density at radius 1 is 1.43 bits per heavy atom. The molecule has 3 heteroatoms. The van der Waals surface area contributed by atoms with Crippen LogP contribution in [0.25, 0.3) is 0 Å². The highest BCUT2D eigenvalue weighted by Crippen LogP contribution is 2.14. The number of rotatable bonds is 7. The first-order valence-corrected chi connectivity index (χ1v) is 5.45. The molecule has 0 aromatic carbocycles. The van der Waals surface area contributed by atoms with Crippen LogP contribution in [0, 0.1) is 0 Å². The molecule has 3 nitrogen and oxygen atoms in total. The predicted molar refractivity (Wildman–Crippen MR) is 61.5 cm³/mol. The molecule has 0 fully saturated rings. The molecule has 0 bridgehead atoms. The van der Waals surface area contributed by atoms with Crippen LogP contribution in [0.15, 0.2) is 0 Å². The van der Waals surface area contributed by atoms with Crippen molar-refractivity contribution in [3.63, 3.8) is 0 Å². The maximum atomic E-state index is 5.77. The Bertz CT molecular complexity index is 148. The first-order chi connectivity index (χ1) is 6.47. The van der Waals surface area contributed by atoms with Crippen LogP contribution in [-0.4, -0.2) is 43.3 Å². The number of nitrogens with zero attached hydrogens (tertiary/aromatic N) is 1. The molecule has 0 aliphatic rings. The Kier molecular flexibility index (Phi) is 6.33. The standard InChI is InChI=1S/C11H26N2O/c1-6-7-13(8-10(2)14-5)11(3,4)9-12/h10H,6-9,12H2,1-5H3. The molecule has 0 aliphatic carbocycles. The lowest BCUT2D eigenvalue weighted by Gasteiger charge is -2.38. The molecule has 1 unspecified atom stereocenters. The first-order valence-electron chi connectivity index (χ1n) is 5.45. The lowest BCUT2D eigenvalue weighted by atomic mass is 10.0. The second-order valence-corrected chi connectivity index (χ2v) is 4.51. The third-order valence-corrected chi connectivity index (χ3v) is 2.73. The second kappa shape index (κ2) is 6.38. The number of methoxy groups -OCH3 is 1. The Morgan fingerprint density at radius 3 is 2.36 bits per heavy atom. The van der Waals surface area contributed by atoms with E-state index in [2.05, 4.69) is 32.6 Å². The van der Waals surface area contributed by atoms with Gasteiger partial charge in [-0.3, -0.25) is 4.90 Å². The molecule has 0 aromatic rings. The average molecular weight is 202 g/mol. The van der Waals surface area contributed by atoms with Gasteiger partial charge >= 0.3 is 0 Å². The van der Waals surface area contributed by atoms with Crippen LogP contribution in [0.1, 0.15) is 34.1 Å². The Labute approximate surface area is 88.6 Å². The van der Waals surface area contributed by atoms with E-state index >= 15 is 0 Å². The lowest BCUT2D eigenvalue weighted by molar-refractivity contribution is 0.0360. The van der Waals surface area contributed by atoms with E-state index in [-0.39, 0.29) is 11.6 Å². The molecule has 1 atom stereocenters. The summed E-state index contributed by atoms with van der Waals surface area (Å²) in [5, 5.41) is 0. The fourth-order valence-corrected chi connectivity index (χ4v) is 1.42. The molecule has 0 rings (SSSR count). The molecule has 0 radical (unpaired) electrons. The molecule has 0 amide bonds. The lowest BCUT2D eigenvalue weighted by Crippen LogP contribution is -2.52. The van der Waals surface area contributed by atoms with Gasteiger partial charge < -0.3 is 10.5 Å². The van der Waals surface area contributed by atoms with Crippen molar-refractivity contribution >= 4 is 0 Å². The molecular formula is C11H26N2O. The summed E-state index contributed by atoms with van der Waals surface area (Å²) >= 11 is 0. The Morgan fingerprint density at radius 2 is 2.00 bits per heavy atom. The van der Waals surface area contributed by atoms with E-state index in [1.54, 1.807) is 7.11 Å². The van der Waals surface area contributed by atoms with Crippen LogP contribution in [0.2, 0.25) is 0 Å². The second-order valence-electron chi connectivity index (χ2n) is 4.51. The molecule has 14 heavy (non-hydrogen) atoms. The molecule has 0 spiro atoms. The van der Waals surface area contributed by atoms with Crippen LogP contribution in [0.5, 0.6) is 0 Å². The molecular weight excluding hydrogens is 176 g/mol. The van der Waals surface area contributed by atoms with Gasteiger partial charge in [-0.1, -0.05) is 6.92 Å². The van der Waals surface area contributed by atoms with E-state index in [9.17, 15) is 0 Å². The summed E-state index contributed by atoms with van der Waals surface area (Å²) in [5.74, 6) is 0. The topological polar surface area (TPSA) is 38.5 Å². The van der Waals surface area contributed by atoms with Crippen molar-refractivity contribution in [2.24, 2.45) is 5.73 Å². The van der Waals surface area contributed by atoms with E-state index in [1.165, 1.54) is 0 Å². The van der Waals surface area contributed by atoms with Gasteiger partial charge in [0.25, 0.3) is 0 Å². The minimum Gasteiger partial charge on any atom is -0.380 e. The zero-order valence-electron chi connectivity index (χ0n) is 10.3. The summed E-state index contributed by atoms with van der Waals surface area (Å²) in [4.78, 5) is 2.40. The Hall–Kier alpha value is -0.120. The van der Waals surface area contributed by atoms with Crippen molar-refractivity contribution < 1.29 is 4.74 Å². The third-order valence-electron chi connectivity index (χ3n) is 2.73. The highest BCUT2D eigenvalue weighted by atomic mass is 16.5. The van der Waals surface area contributed by atoms with Crippen molar-refractivity contribution in [2.45, 2.75) is 45.8 Å². The van der Waals surface area contributed by atoms with Crippen molar-refractivity contribution in [1.82, 2.24) is 4.90 Å². The van der Waals surface area contributed by atoms with Gasteiger partial charge in [0.15, 0.2) is 0 Å². The summed E-state index contributed by atoms with van der Waals surface area (Å²) in [6.45, 7) is 11.4. The average Bonchev–Trinajstić information content (AvgIpc) is 2.17. The number of nitrogens with two attached hydrogens (primary N) is 1. The molecule has 0 saturated heterocycles. The van der Waals surface area contributed by atoms with E-state index in [0.29, 0.717) is 6.54 Å². The van der Waals surface area contributed by atoms with Crippen LogP contribution in [0.4, 0.5) is 0 Å². The van der Waals surface area contributed by atoms with E-state index < -0.39 is 0 Å². The summed E-state index contributed by atoms with van der Waals surface area (Å²) in [5.41, 5.74) is 5.84. The van der Waals surface area contributed by atoms with Crippen LogP contribution < -0.4 is 5.73 Å². The van der Waals surface area contributed by atoms with E-state index in [0.717, 1.165) is 19.5 Å². The number of ether oxygens (including phenoxy) is 1. The van der Waals surface area contributed by atoms with Gasteiger partial charge in [0.1, 0.15) is 0 Å². The van der Waals surface area contributed by atoms with Crippen LogP contribution in [0.3, 0.4) is 0 Å². The van der Waals surface area contributed by atoms with Gasteiger partial charge in [0, 0.05) is 25.7 Å². The maximum Gasteiger partial charge on any atom is 0.0670 e. The Balaban J connectivity index is 4.27. The molecule has 0 aromatic heterocycles. The van der Waals surface area contributed by atoms with Crippen LogP contribution in [-0.2, 0) is 4.74 Å². The monoisotopic (exact) mass is 202 g/mol. The predicted octanol–water partition coefficient (Wildman–Crippen LogP) is 1.47. The zero-order chi connectivity index (χ0) is 11.2. The zero-order valence-corrected chi connectivity index (χ0v) is 10.3. The van der Waals surface area contributed by atoms with Crippen molar-refractivity contribution in [3.05, 3.63) is 0 Å². The van der Waals surface area contributed by atoms with Gasteiger partial charge in [0.2, 0.25) is 0 Å². The summed E-state index contributed by atoms with van der Waals surface area (Å²) in [6.07, 6.45) is 1.42. The molecule has 0 saturated carbocycles. The maximum absolute atomic E-state index is 5.77. The van der Waals surface area contributed by atoms with Gasteiger partial charge in [-0.25, -0.2) is 0 Å². The SMILES string of the molecule is CCCN(CC(C)OC)C(C)(C)CN. The minimum atomic E-state index is 0.0722. The highest BCUT2D eigenvalue weighted by Gasteiger charge is 2.25. The quantitative estimate of drug-likeness (QED) is 0.679. The third kappa shape index (κ3) is 4.40. The summed E-state index contributed by atoms with van der Waals surface area (Å²) < 4.78 is 5.28. The van der Waals surface area contributed by atoms with Crippen molar-refractivity contribution in [3.8, 4) is 0 Å². The van der Waals surface area contributed by atoms with Gasteiger partial charge in [-0.15, -0.1) is 0 Å². The van der Waals surface area contributed by atoms with E-state index in [4.69, 9.17) is 10.5 Å². The van der Waals surface area contributed by atoms with E-state index in [1.807, 2.05) is 0 Å². The van der Waals surface area contributed by atoms with Crippen molar-refractivity contribution in [2.75, 3.05) is 26.7 Å². The van der Waals surface area contributed by atoms with Gasteiger partial charge in [0.05, 0.1) is 6.10 Å². The molecule has 2 N–H and O–H groups in total. The van der Waals surface area contributed by atoms with Gasteiger partial charge in [-0.05, 0) is 33.7 Å². The van der Waals surface area contributed by atoms with Gasteiger partial charge in [-0.2, -0.15) is 0 Å². The highest BCUT2D eigenvalue weighted by molar-refractivity contribution is 4.83. The largest absolute Gasteiger partial charge is 0.380 e. The number of hydrogen-bond acceptors (Lipinski definition) is 3. The molecule has 0 heterocycles. The summed E-state index contributed by atoms with van der Waals surface area (Å²) in [6, 6.07) is 0. The molecule has 0 aliphatic heterocycles. The molecule has 86 valence electrons. The summed E-state index contributed by atoms with van der Waals surface area (Å²) in [7, 11) is 1.75. The minimum absolute atomic E-state index is 0.0722. The van der Waals surface area contributed by atoms with Crippen LogP contribution >= 0.6 is 0 Å². The fraction of sp³-hybridized carbons (Fsp3) is 1.00. The first kappa shape index (κ1) is 13.9.